The zero-order valence-corrected chi connectivity index (χ0v) is 15.0. The van der Waals surface area contributed by atoms with E-state index in [0.717, 1.165) is 27.6 Å². The van der Waals surface area contributed by atoms with E-state index in [9.17, 15) is 9.90 Å². The van der Waals surface area contributed by atoms with Gasteiger partial charge in [-0.3, -0.25) is 4.79 Å². The lowest BCUT2D eigenvalue weighted by atomic mass is 9.82. The number of benzene rings is 3. The van der Waals surface area contributed by atoms with E-state index >= 15 is 0 Å². The van der Waals surface area contributed by atoms with Gasteiger partial charge in [0.15, 0.2) is 11.5 Å². The molecule has 0 spiro atoms. The second-order valence-corrected chi connectivity index (χ2v) is 6.73. The Morgan fingerprint density at radius 1 is 1.23 bits per heavy atom. The number of nitrogens with one attached hydrogen (secondary N) is 1. The fourth-order valence-corrected chi connectivity index (χ4v) is 3.92. The third-order valence-corrected chi connectivity index (χ3v) is 5.06. The molecule has 0 bridgehead atoms. The van der Waals surface area contributed by atoms with Crippen LogP contribution in [-0.2, 0) is 4.79 Å². The molecule has 0 saturated carbocycles. The number of phenols is 1. The van der Waals surface area contributed by atoms with E-state index in [1.54, 1.807) is 6.07 Å². The highest BCUT2D eigenvalue weighted by Gasteiger charge is 2.30. The van der Waals surface area contributed by atoms with Crippen molar-refractivity contribution in [1.82, 2.24) is 0 Å². The maximum Gasteiger partial charge on any atom is 0.225 e. The first-order valence-electron chi connectivity index (χ1n) is 8.55. The van der Waals surface area contributed by atoms with Crippen LogP contribution in [0.3, 0.4) is 0 Å². The summed E-state index contributed by atoms with van der Waals surface area (Å²) in [6.45, 7) is 2.28. The Balaban J connectivity index is 1.95. The van der Waals surface area contributed by atoms with Gasteiger partial charge in [0.2, 0.25) is 5.91 Å². The smallest absolute Gasteiger partial charge is 0.225 e. The largest absolute Gasteiger partial charge is 0.504 e. The van der Waals surface area contributed by atoms with Crippen LogP contribution >= 0.6 is 11.6 Å². The highest BCUT2D eigenvalue weighted by Crippen LogP contribution is 2.45. The minimum Gasteiger partial charge on any atom is -0.504 e. The van der Waals surface area contributed by atoms with E-state index in [-0.39, 0.29) is 24.0 Å². The Kier molecular flexibility index (Phi) is 4.21. The van der Waals surface area contributed by atoms with Crippen LogP contribution in [0.4, 0.5) is 5.69 Å². The molecule has 2 N–H and O–H groups in total. The fraction of sp³-hybridized carbons (Fsp3) is 0.190. The lowest BCUT2D eigenvalue weighted by molar-refractivity contribution is -0.116. The number of carbonyl (C=O) groups excluding carboxylic acids is 1. The fourth-order valence-electron chi connectivity index (χ4n) is 3.63. The van der Waals surface area contributed by atoms with Gasteiger partial charge in [-0.15, -0.1) is 0 Å². The summed E-state index contributed by atoms with van der Waals surface area (Å²) in [5, 5.41) is 15.6. The first kappa shape index (κ1) is 16.7. The molecule has 5 heteroatoms. The molecule has 0 aliphatic carbocycles. The lowest BCUT2D eigenvalue weighted by Crippen LogP contribution is -2.24. The number of carbonyl (C=O) groups is 1. The van der Waals surface area contributed by atoms with Gasteiger partial charge in [0.25, 0.3) is 0 Å². The van der Waals surface area contributed by atoms with Gasteiger partial charge in [-0.05, 0) is 41.0 Å². The van der Waals surface area contributed by atoms with Crippen LogP contribution in [0.2, 0.25) is 5.02 Å². The van der Waals surface area contributed by atoms with Crippen molar-refractivity contribution in [1.29, 1.82) is 0 Å². The number of phenolic OH excluding ortho intramolecular Hbond substituents is 1. The highest BCUT2D eigenvalue weighted by atomic mass is 35.5. The summed E-state index contributed by atoms with van der Waals surface area (Å²) in [6, 6.07) is 15.2. The molecule has 3 aromatic rings. The highest BCUT2D eigenvalue weighted by molar-refractivity contribution is 6.31. The van der Waals surface area contributed by atoms with Crippen LogP contribution < -0.4 is 10.1 Å². The Morgan fingerprint density at radius 3 is 2.85 bits per heavy atom. The molecule has 1 amide bonds. The van der Waals surface area contributed by atoms with Gasteiger partial charge in [-0.2, -0.15) is 0 Å². The third-order valence-electron chi connectivity index (χ3n) is 4.74. The second kappa shape index (κ2) is 6.54. The van der Waals surface area contributed by atoms with E-state index in [4.69, 9.17) is 16.3 Å². The van der Waals surface area contributed by atoms with E-state index < -0.39 is 0 Å². The number of ether oxygens (including phenoxy) is 1. The molecular weight excluding hydrogens is 350 g/mol. The lowest BCUT2D eigenvalue weighted by Gasteiger charge is -2.28. The Morgan fingerprint density at radius 2 is 2.04 bits per heavy atom. The van der Waals surface area contributed by atoms with Crippen molar-refractivity contribution >= 4 is 34.0 Å². The molecule has 1 aliphatic rings. The molecule has 4 nitrogen and oxygen atoms in total. The molecule has 1 heterocycles. The van der Waals surface area contributed by atoms with Crippen molar-refractivity contribution < 1.29 is 14.6 Å². The zero-order valence-electron chi connectivity index (χ0n) is 14.3. The molecule has 3 aromatic carbocycles. The number of halogens is 1. The van der Waals surface area contributed by atoms with Crippen LogP contribution in [0.25, 0.3) is 10.8 Å². The van der Waals surface area contributed by atoms with Crippen molar-refractivity contribution in [3.8, 4) is 11.5 Å². The number of rotatable bonds is 3. The molecule has 0 aromatic heterocycles. The monoisotopic (exact) mass is 367 g/mol. The van der Waals surface area contributed by atoms with Crippen molar-refractivity contribution in [2.75, 3.05) is 11.9 Å². The van der Waals surface area contributed by atoms with Crippen molar-refractivity contribution in [3.05, 3.63) is 64.7 Å². The standard InChI is InChI=1S/C21H18ClNO3/c1-2-26-19-9-14(16(22)11-18(19)24)15-10-20(25)23-17-8-7-12-5-3-4-6-13(12)21(15)17/h3-9,11,15,24H,2,10H2,1H3,(H,23,25)/t15-/m0/s1. The topological polar surface area (TPSA) is 58.6 Å². The summed E-state index contributed by atoms with van der Waals surface area (Å²) in [4.78, 5) is 12.3. The maximum atomic E-state index is 12.3. The molecule has 1 atom stereocenters. The Bertz CT molecular complexity index is 1020. The van der Waals surface area contributed by atoms with Crippen LogP contribution in [0.15, 0.2) is 48.5 Å². The number of hydrogen-bond acceptors (Lipinski definition) is 3. The van der Waals surface area contributed by atoms with E-state index in [0.29, 0.717) is 17.4 Å². The Hall–Kier alpha value is -2.72. The maximum absolute atomic E-state index is 12.3. The normalized spacial score (nSPS) is 16.2. The quantitative estimate of drug-likeness (QED) is 0.679. The van der Waals surface area contributed by atoms with Gasteiger partial charge in [0.05, 0.1) is 6.61 Å². The molecule has 0 radical (unpaired) electrons. The first-order valence-corrected chi connectivity index (χ1v) is 8.93. The molecule has 4 rings (SSSR count). The molecule has 0 unspecified atom stereocenters. The summed E-state index contributed by atoms with van der Waals surface area (Å²) in [6.07, 6.45) is 0.289. The number of anilines is 1. The molecule has 0 fully saturated rings. The summed E-state index contributed by atoms with van der Waals surface area (Å²) < 4.78 is 5.52. The first-order chi connectivity index (χ1) is 12.6. The average Bonchev–Trinajstić information content (AvgIpc) is 2.63. The van der Waals surface area contributed by atoms with Gasteiger partial charge in [0.1, 0.15) is 0 Å². The van der Waals surface area contributed by atoms with Crippen LogP contribution in [0, 0.1) is 0 Å². The van der Waals surface area contributed by atoms with Gasteiger partial charge in [0, 0.05) is 29.1 Å². The predicted molar refractivity (Wildman–Crippen MR) is 103 cm³/mol. The number of amides is 1. The zero-order chi connectivity index (χ0) is 18.3. The number of aromatic hydroxyl groups is 1. The Labute approximate surface area is 156 Å². The minimum atomic E-state index is -0.211. The van der Waals surface area contributed by atoms with Crippen LogP contribution in [0.5, 0.6) is 11.5 Å². The molecule has 132 valence electrons. The summed E-state index contributed by atoms with van der Waals surface area (Å²) >= 11 is 6.45. The minimum absolute atomic E-state index is 0.000922. The number of fused-ring (bicyclic) bond motifs is 3. The summed E-state index contributed by atoms with van der Waals surface area (Å²) in [5.41, 5.74) is 2.62. The SMILES string of the molecule is CCOc1cc([C@@H]2CC(=O)Nc3ccc4ccccc4c32)c(Cl)cc1O. The van der Waals surface area contributed by atoms with Crippen molar-refractivity contribution in [2.24, 2.45) is 0 Å². The van der Waals surface area contributed by atoms with Crippen LogP contribution in [0.1, 0.15) is 30.4 Å². The molecular formula is C21H18ClNO3. The summed E-state index contributed by atoms with van der Waals surface area (Å²) in [7, 11) is 0. The summed E-state index contributed by atoms with van der Waals surface area (Å²) in [5.74, 6) is 0.107. The molecule has 0 saturated heterocycles. The van der Waals surface area contributed by atoms with Gasteiger partial charge < -0.3 is 15.2 Å². The van der Waals surface area contributed by atoms with E-state index in [1.807, 2.05) is 37.3 Å². The third kappa shape index (κ3) is 2.76. The predicted octanol–water partition coefficient (Wildman–Crippen LogP) is 5.07. The van der Waals surface area contributed by atoms with Gasteiger partial charge >= 0.3 is 0 Å². The van der Waals surface area contributed by atoms with Crippen LogP contribution in [-0.4, -0.2) is 17.6 Å². The van der Waals surface area contributed by atoms with E-state index in [2.05, 4.69) is 11.4 Å². The van der Waals surface area contributed by atoms with Crippen molar-refractivity contribution in [3.63, 3.8) is 0 Å². The number of hydrogen-bond donors (Lipinski definition) is 2. The molecule has 1 aliphatic heterocycles. The van der Waals surface area contributed by atoms with Gasteiger partial charge in [-0.1, -0.05) is 41.9 Å². The molecule has 26 heavy (non-hydrogen) atoms. The average molecular weight is 368 g/mol. The van der Waals surface area contributed by atoms with E-state index in [1.165, 1.54) is 6.07 Å². The second-order valence-electron chi connectivity index (χ2n) is 6.33. The van der Waals surface area contributed by atoms with Crippen molar-refractivity contribution in [2.45, 2.75) is 19.3 Å². The van der Waals surface area contributed by atoms with Gasteiger partial charge in [-0.25, -0.2) is 0 Å².